The van der Waals surface area contributed by atoms with Gasteiger partial charge in [0, 0.05) is 19.1 Å². The van der Waals surface area contributed by atoms with Crippen LogP contribution in [0.4, 0.5) is 19.0 Å². The number of nitrogens with one attached hydrogen (secondary N) is 1. The van der Waals surface area contributed by atoms with Gasteiger partial charge in [0.05, 0.1) is 43.1 Å². The Balaban J connectivity index is 1.51. The molecule has 12 heteroatoms. The van der Waals surface area contributed by atoms with Crippen LogP contribution in [0.3, 0.4) is 0 Å². The predicted molar refractivity (Wildman–Crippen MR) is 107 cm³/mol. The van der Waals surface area contributed by atoms with E-state index in [4.69, 9.17) is 4.74 Å². The molecule has 1 aromatic carbocycles. The third-order valence-corrected chi connectivity index (χ3v) is 5.07. The van der Waals surface area contributed by atoms with Crippen molar-refractivity contribution in [1.29, 1.82) is 0 Å². The average Bonchev–Trinajstić information content (AvgIpc) is 3.33. The van der Waals surface area contributed by atoms with Crippen molar-refractivity contribution in [2.75, 3.05) is 25.5 Å². The zero-order chi connectivity index (χ0) is 22.7. The van der Waals surface area contributed by atoms with Gasteiger partial charge in [-0.05, 0) is 31.0 Å². The summed E-state index contributed by atoms with van der Waals surface area (Å²) in [6, 6.07) is 4.89. The molecule has 1 N–H and O–H groups in total. The highest BCUT2D eigenvalue weighted by atomic mass is 19.4. The van der Waals surface area contributed by atoms with Gasteiger partial charge in [-0.3, -0.25) is 4.79 Å². The van der Waals surface area contributed by atoms with Gasteiger partial charge >= 0.3 is 6.18 Å². The summed E-state index contributed by atoms with van der Waals surface area (Å²) in [5.74, 6) is 0.525. The highest BCUT2D eigenvalue weighted by Gasteiger charge is 2.33. The SMILES string of the molecule is COc1ccc(-n2nccn2)c(C(=O)N2CCC[C@@H](Nc3cnc(C(F)(F)F)cn3)C2)c1. The van der Waals surface area contributed by atoms with E-state index < -0.39 is 11.9 Å². The van der Waals surface area contributed by atoms with E-state index in [2.05, 4.69) is 25.5 Å². The molecule has 0 spiro atoms. The van der Waals surface area contributed by atoms with Gasteiger partial charge in [0.15, 0.2) is 5.69 Å². The van der Waals surface area contributed by atoms with Crippen molar-refractivity contribution < 1.29 is 22.7 Å². The zero-order valence-electron chi connectivity index (χ0n) is 17.1. The molecule has 4 rings (SSSR count). The van der Waals surface area contributed by atoms with Crippen LogP contribution >= 0.6 is 0 Å². The van der Waals surface area contributed by atoms with Gasteiger partial charge < -0.3 is 15.0 Å². The summed E-state index contributed by atoms with van der Waals surface area (Å²) in [6.45, 7) is 0.892. The molecule has 168 valence electrons. The summed E-state index contributed by atoms with van der Waals surface area (Å²) in [4.78, 5) is 23.6. The third kappa shape index (κ3) is 4.63. The molecule has 0 radical (unpaired) electrons. The molecule has 32 heavy (non-hydrogen) atoms. The maximum atomic E-state index is 13.4. The fourth-order valence-electron chi connectivity index (χ4n) is 3.54. The van der Waals surface area contributed by atoms with Crippen molar-refractivity contribution in [3.05, 3.63) is 54.2 Å². The summed E-state index contributed by atoms with van der Waals surface area (Å²) >= 11 is 0. The van der Waals surface area contributed by atoms with Gasteiger partial charge in [-0.15, -0.1) is 0 Å². The van der Waals surface area contributed by atoms with E-state index in [9.17, 15) is 18.0 Å². The fourth-order valence-corrected chi connectivity index (χ4v) is 3.54. The van der Waals surface area contributed by atoms with Crippen LogP contribution in [0.5, 0.6) is 5.75 Å². The second-order valence-corrected chi connectivity index (χ2v) is 7.22. The smallest absolute Gasteiger partial charge is 0.434 e. The van der Waals surface area contributed by atoms with Gasteiger partial charge in [0.1, 0.15) is 11.6 Å². The minimum absolute atomic E-state index is 0.185. The number of carbonyl (C=O) groups is 1. The highest BCUT2D eigenvalue weighted by molar-refractivity contribution is 5.98. The van der Waals surface area contributed by atoms with Crippen molar-refractivity contribution in [3.63, 3.8) is 0 Å². The van der Waals surface area contributed by atoms with Crippen LogP contribution in [0.15, 0.2) is 43.0 Å². The van der Waals surface area contributed by atoms with E-state index in [1.54, 1.807) is 23.1 Å². The lowest BCUT2D eigenvalue weighted by atomic mass is 10.0. The van der Waals surface area contributed by atoms with Crippen LogP contribution in [0, 0.1) is 0 Å². The van der Waals surface area contributed by atoms with Gasteiger partial charge in [0.25, 0.3) is 5.91 Å². The number of piperidine rings is 1. The molecule has 9 nitrogen and oxygen atoms in total. The van der Waals surface area contributed by atoms with E-state index in [0.717, 1.165) is 19.0 Å². The Labute approximate surface area is 181 Å². The largest absolute Gasteiger partial charge is 0.497 e. The molecule has 1 aliphatic heterocycles. The number of rotatable bonds is 5. The molecule has 2 aromatic heterocycles. The van der Waals surface area contributed by atoms with Crippen molar-refractivity contribution in [3.8, 4) is 11.4 Å². The summed E-state index contributed by atoms with van der Waals surface area (Å²) in [7, 11) is 1.52. The van der Waals surface area contributed by atoms with Crippen molar-refractivity contribution >= 4 is 11.7 Å². The number of carbonyl (C=O) groups excluding carboxylic acids is 1. The number of hydrogen-bond acceptors (Lipinski definition) is 7. The molecule has 1 atom stereocenters. The molecule has 1 amide bonds. The van der Waals surface area contributed by atoms with Crippen molar-refractivity contribution in [2.45, 2.75) is 25.1 Å². The lowest BCUT2D eigenvalue weighted by Crippen LogP contribution is -2.45. The predicted octanol–water partition coefficient (Wildman–Crippen LogP) is 2.80. The third-order valence-electron chi connectivity index (χ3n) is 5.07. The number of hydrogen-bond donors (Lipinski definition) is 1. The van der Waals surface area contributed by atoms with Crippen molar-refractivity contribution in [1.82, 2.24) is 29.9 Å². The normalized spacial score (nSPS) is 16.6. The van der Waals surface area contributed by atoms with Crippen molar-refractivity contribution in [2.24, 2.45) is 0 Å². The maximum absolute atomic E-state index is 13.4. The van der Waals surface area contributed by atoms with Crippen LogP contribution < -0.4 is 10.1 Å². The Morgan fingerprint density at radius 3 is 2.62 bits per heavy atom. The number of methoxy groups -OCH3 is 1. The Hall–Kier alpha value is -3.70. The summed E-state index contributed by atoms with van der Waals surface area (Å²) in [5, 5.41) is 11.3. The van der Waals surface area contributed by atoms with Crippen LogP contribution in [0.2, 0.25) is 0 Å². The van der Waals surface area contributed by atoms with Gasteiger partial charge in [-0.25, -0.2) is 9.97 Å². The molecule has 1 saturated heterocycles. The number of amides is 1. The van der Waals surface area contributed by atoms with Crippen LogP contribution in [0.1, 0.15) is 28.9 Å². The lowest BCUT2D eigenvalue weighted by molar-refractivity contribution is -0.141. The number of halogens is 3. The Morgan fingerprint density at radius 2 is 1.97 bits per heavy atom. The second-order valence-electron chi connectivity index (χ2n) is 7.22. The van der Waals surface area contributed by atoms with Crippen LogP contribution in [-0.2, 0) is 6.18 Å². The van der Waals surface area contributed by atoms with Crippen LogP contribution in [0.25, 0.3) is 5.69 Å². The number of nitrogens with zero attached hydrogens (tertiary/aromatic N) is 6. The Morgan fingerprint density at radius 1 is 1.19 bits per heavy atom. The zero-order valence-corrected chi connectivity index (χ0v) is 17.1. The van der Waals surface area contributed by atoms with Gasteiger partial charge in [-0.2, -0.15) is 28.2 Å². The van der Waals surface area contributed by atoms with E-state index in [1.807, 2.05) is 0 Å². The monoisotopic (exact) mass is 447 g/mol. The first-order valence-electron chi connectivity index (χ1n) is 9.85. The first-order chi connectivity index (χ1) is 15.3. The molecule has 0 saturated carbocycles. The quantitative estimate of drug-likeness (QED) is 0.642. The molecule has 1 aliphatic rings. The second kappa shape index (κ2) is 8.81. The molecule has 3 aromatic rings. The topological polar surface area (TPSA) is 98.1 Å². The first-order valence-corrected chi connectivity index (χ1v) is 9.85. The molecular weight excluding hydrogens is 427 g/mol. The van der Waals surface area contributed by atoms with Gasteiger partial charge in [0.2, 0.25) is 0 Å². The molecular formula is C20H20F3N7O2. The number of ether oxygens (including phenoxy) is 1. The number of benzene rings is 1. The summed E-state index contributed by atoms with van der Waals surface area (Å²) in [5.41, 5.74) is -0.152. The Bertz CT molecular complexity index is 1070. The number of alkyl halides is 3. The number of anilines is 1. The fraction of sp³-hybridized carbons (Fsp3) is 0.350. The average molecular weight is 447 g/mol. The van der Waals surface area contributed by atoms with E-state index in [-0.39, 0.29) is 17.8 Å². The lowest BCUT2D eigenvalue weighted by Gasteiger charge is -2.33. The number of likely N-dealkylation sites (tertiary alicyclic amines) is 1. The molecule has 0 unspecified atom stereocenters. The number of aromatic nitrogens is 5. The Kier molecular flexibility index (Phi) is 5.93. The van der Waals surface area contributed by atoms with E-state index >= 15 is 0 Å². The molecule has 1 fully saturated rings. The van der Waals surface area contributed by atoms with E-state index in [1.165, 1.54) is 24.3 Å². The molecule has 3 heterocycles. The van der Waals surface area contributed by atoms with E-state index in [0.29, 0.717) is 36.3 Å². The summed E-state index contributed by atoms with van der Waals surface area (Å²) in [6.07, 6.45) is 1.68. The summed E-state index contributed by atoms with van der Waals surface area (Å²) < 4.78 is 43.3. The maximum Gasteiger partial charge on any atom is 0.434 e. The minimum Gasteiger partial charge on any atom is -0.497 e. The first kappa shape index (κ1) is 21.5. The minimum atomic E-state index is -4.54. The van der Waals surface area contributed by atoms with Crippen LogP contribution in [-0.4, -0.2) is 62.0 Å². The standard InChI is InChI=1S/C20H20F3N7O2/c1-32-14-4-5-16(30-26-6-7-27-30)15(9-14)19(31)29-8-2-3-13(12-29)28-18-11-24-17(10-25-18)20(21,22)23/h4-7,9-11,13H,2-3,8,12H2,1H3,(H,25,28)/t13-/m1/s1. The molecule has 0 bridgehead atoms. The van der Waals surface area contributed by atoms with Gasteiger partial charge in [-0.1, -0.05) is 0 Å². The molecule has 0 aliphatic carbocycles. The highest BCUT2D eigenvalue weighted by Crippen LogP contribution is 2.27.